The maximum absolute atomic E-state index is 4.65. The van der Waals surface area contributed by atoms with Crippen LogP contribution in [0.15, 0.2) is 0 Å². The van der Waals surface area contributed by atoms with E-state index in [9.17, 15) is 0 Å². The zero-order valence-electron chi connectivity index (χ0n) is 14.8. The Morgan fingerprint density at radius 1 is 1.05 bits per heavy atom. The predicted molar refractivity (Wildman–Crippen MR) is 88.5 cm³/mol. The molecule has 0 atom stereocenters. The summed E-state index contributed by atoms with van der Waals surface area (Å²) in [6.45, 7) is 20.0. The molecule has 0 fully saturated rings. The molecule has 1 aromatic rings. The molecule has 2 rings (SSSR count). The SMILES string of the molecule is CC.CCC.CCN1CCCn2nc(C(C)(C)C)nc21. The smallest absolute Gasteiger partial charge is 0.224 e. The first-order valence-electron chi connectivity index (χ1n) is 8.14. The number of fused-ring (bicyclic) bond motifs is 1. The number of hydrogen-bond acceptors (Lipinski definition) is 3. The summed E-state index contributed by atoms with van der Waals surface area (Å²) in [7, 11) is 0. The highest BCUT2D eigenvalue weighted by Gasteiger charge is 2.25. The number of nitrogens with zero attached hydrogens (tertiary/aromatic N) is 4. The fraction of sp³-hybridized carbons (Fsp3) is 0.875. The minimum atomic E-state index is 0.0454. The molecule has 20 heavy (non-hydrogen) atoms. The molecule has 0 bridgehead atoms. The molecule has 0 aromatic carbocycles. The summed E-state index contributed by atoms with van der Waals surface area (Å²) >= 11 is 0. The third-order valence-electron chi connectivity index (χ3n) is 2.79. The van der Waals surface area contributed by atoms with Crippen LogP contribution >= 0.6 is 0 Å². The number of aryl methyl sites for hydroxylation is 1. The van der Waals surface area contributed by atoms with Crippen molar-refractivity contribution in [3.63, 3.8) is 0 Å². The average molecular weight is 282 g/mol. The van der Waals surface area contributed by atoms with Gasteiger partial charge in [-0.1, -0.05) is 54.9 Å². The van der Waals surface area contributed by atoms with Crippen LogP contribution in [0.2, 0.25) is 0 Å². The van der Waals surface area contributed by atoms with Gasteiger partial charge in [-0.15, -0.1) is 0 Å². The molecule has 4 nitrogen and oxygen atoms in total. The van der Waals surface area contributed by atoms with E-state index in [1.807, 2.05) is 18.5 Å². The van der Waals surface area contributed by atoms with Gasteiger partial charge in [0.25, 0.3) is 0 Å². The lowest BCUT2D eigenvalue weighted by Crippen LogP contribution is -2.32. The van der Waals surface area contributed by atoms with E-state index in [2.05, 4.69) is 56.5 Å². The van der Waals surface area contributed by atoms with Crippen molar-refractivity contribution in [2.24, 2.45) is 0 Å². The molecule has 4 heteroatoms. The zero-order chi connectivity index (χ0) is 15.8. The summed E-state index contributed by atoms with van der Waals surface area (Å²) < 4.78 is 2.05. The van der Waals surface area contributed by atoms with Crippen LogP contribution in [-0.2, 0) is 12.0 Å². The number of aromatic nitrogens is 3. The van der Waals surface area contributed by atoms with Crippen molar-refractivity contribution in [1.82, 2.24) is 14.8 Å². The predicted octanol–water partition coefficient (Wildman–Crippen LogP) is 4.25. The molecule has 0 N–H and O–H groups in total. The zero-order valence-corrected chi connectivity index (χ0v) is 14.8. The molecule has 1 aliphatic heterocycles. The Bertz CT molecular complexity index is 363. The molecule has 0 radical (unpaired) electrons. The lowest BCUT2D eigenvalue weighted by atomic mass is 9.96. The second-order valence-electron chi connectivity index (χ2n) is 5.85. The molecule has 0 saturated carbocycles. The summed E-state index contributed by atoms with van der Waals surface area (Å²) in [5, 5.41) is 4.58. The monoisotopic (exact) mass is 282 g/mol. The van der Waals surface area contributed by atoms with Crippen LogP contribution < -0.4 is 4.90 Å². The van der Waals surface area contributed by atoms with E-state index in [0.29, 0.717) is 0 Å². The van der Waals surface area contributed by atoms with E-state index in [0.717, 1.165) is 31.4 Å². The molecule has 2 heterocycles. The Balaban J connectivity index is 0.000000641. The number of rotatable bonds is 1. The van der Waals surface area contributed by atoms with Crippen LogP contribution in [0.3, 0.4) is 0 Å². The molecule has 1 aromatic heterocycles. The fourth-order valence-electron chi connectivity index (χ4n) is 1.85. The first-order valence-corrected chi connectivity index (χ1v) is 8.14. The van der Waals surface area contributed by atoms with Gasteiger partial charge in [0.15, 0.2) is 5.82 Å². The van der Waals surface area contributed by atoms with E-state index in [-0.39, 0.29) is 5.41 Å². The Morgan fingerprint density at radius 2 is 1.60 bits per heavy atom. The van der Waals surface area contributed by atoms with Crippen LogP contribution in [0, 0.1) is 0 Å². The van der Waals surface area contributed by atoms with Crippen molar-refractivity contribution in [3.05, 3.63) is 5.82 Å². The lowest BCUT2D eigenvalue weighted by Gasteiger charge is -2.26. The van der Waals surface area contributed by atoms with Gasteiger partial charge in [-0.3, -0.25) is 0 Å². The summed E-state index contributed by atoms with van der Waals surface area (Å²) in [5.41, 5.74) is 0.0454. The molecule has 118 valence electrons. The summed E-state index contributed by atoms with van der Waals surface area (Å²) in [4.78, 5) is 6.95. The van der Waals surface area contributed by atoms with Gasteiger partial charge in [-0.05, 0) is 13.3 Å². The van der Waals surface area contributed by atoms with Crippen LogP contribution in [-0.4, -0.2) is 27.9 Å². The van der Waals surface area contributed by atoms with E-state index in [1.165, 1.54) is 12.8 Å². The molecule has 0 spiro atoms. The topological polar surface area (TPSA) is 34.0 Å². The third-order valence-corrected chi connectivity index (χ3v) is 2.79. The third kappa shape index (κ3) is 5.14. The van der Waals surface area contributed by atoms with Crippen molar-refractivity contribution >= 4 is 5.95 Å². The minimum Gasteiger partial charge on any atom is -0.341 e. The first-order chi connectivity index (χ1) is 9.43. The molecule has 0 unspecified atom stereocenters. The molecule has 1 aliphatic rings. The number of hydrogen-bond donors (Lipinski definition) is 0. The standard InChI is InChI=1S/C11H20N4.C3H8.C2H6/c1-5-14-7-6-8-15-10(14)12-9(13-15)11(2,3)4;1-3-2;1-2/h5-8H2,1-4H3;3H2,1-2H3;1-2H3. The van der Waals surface area contributed by atoms with E-state index < -0.39 is 0 Å². The highest BCUT2D eigenvalue weighted by molar-refractivity contribution is 5.32. The van der Waals surface area contributed by atoms with Crippen molar-refractivity contribution in [2.75, 3.05) is 18.0 Å². The Hall–Kier alpha value is -1.06. The van der Waals surface area contributed by atoms with Crippen LogP contribution in [0.5, 0.6) is 0 Å². The summed E-state index contributed by atoms with van der Waals surface area (Å²) in [5.74, 6) is 2.01. The maximum atomic E-state index is 4.65. The average Bonchev–Trinajstić information content (AvgIpc) is 2.85. The van der Waals surface area contributed by atoms with Crippen molar-refractivity contribution in [1.29, 1.82) is 0 Å². The molecular weight excluding hydrogens is 248 g/mol. The van der Waals surface area contributed by atoms with Crippen molar-refractivity contribution < 1.29 is 0 Å². The van der Waals surface area contributed by atoms with E-state index in [4.69, 9.17) is 0 Å². The summed E-state index contributed by atoms with van der Waals surface area (Å²) in [6, 6.07) is 0. The van der Waals surface area contributed by atoms with Crippen molar-refractivity contribution in [2.45, 2.75) is 80.2 Å². The Labute approximate surface area is 125 Å². The van der Waals surface area contributed by atoms with Crippen LogP contribution in [0.4, 0.5) is 5.95 Å². The van der Waals surface area contributed by atoms with Crippen molar-refractivity contribution in [3.8, 4) is 0 Å². The van der Waals surface area contributed by atoms with Gasteiger partial charge in [0.05, 0.1) is 0 Å². The fourth-order valence-corrected chi connectivity index (χ4v) is 1.85. The van der Waals surface area contributed by atoms with Crippen LogP contribution in [0.1, 0.15) is 74.1 Å². The first kappa shape index (κ1) is 18.9. The summed E-state index contributed by atoms with van der Waals surface area (Å²) in [6.07, 6.45) is 2.42. The van der Waals surface area contributed by atoms with Crippen LogP contribution in [0.25, 0.3) is 0 Å². The Morgan fingerprint density at radius 3 is 2.05 bits per heavy atom. The largest absolute Gasteiger partial charge is 0.341 e. The highest BCUT2D eigenvalue weighted by Crippen LogP contribution is 2.24. The van der Waals surface area contributed by atoms with Gasteiger partial charge in [-0.25, -0.2) is 4.68 Å². The second-order valence-corrected chi connectivity index (χ2v) is 5.85. The van der Waals surface area contributed by atoms with Gasteiger partial charge in [0.1, 0.15) is 0 Å². The van der Waals surface area contributed by atoms with E-state index >= 15 is 0 Å². The second kappa shape index (κ2) is 8.98. The highest BCUT2D eigenvalue weighted by atomic mass is 15.5. The quantitative estimate of drug-likeness (QED) is 0.772. The van der Waals surface area contributed by atoms with Gasteiger partial charge in [-0.2, -0.15) is 10.1 Å². The maximum Gasteiger partial charge on any atom is 0.224 e. The molecular formula is C16H34N4. The van der Waals surface area contributed by atoms with Gasteiger partial charge < -0.3 is 4.90 Å². The van der Waals surface area contributed by atoms with Gasteiger partial charge in [0.2, 0.25) is 5.95 Å². The normalized spacial score (nSPS) is 13.7. The molecule has 0 amide bonds. The number of anilines is 1. The lowest BCUT2D eigenvalue weighted by molar-refractivity contribution is 0.496. The molecule has 0 aliphatic carbocycles. The Kier molecular flexibility index (Phi) is 8.51. The minimum absolute atomic E-state index is 0.0454. The van der Waals surface area contributed by atoms with Gasteiger partial charge >= 0.3 is 0 Å². The van der Waals surface area contributed by atoms with Gasteiger partial charge in [0, 0.05) is 25.0 Å². The molecule has 0 saturated heterocycles. The van der Waals surface area contributed by atoms with E-state index in [1.54, 1.807) is 0 Å².